The van der Waals surface area contributed by atoms with Crippen molar-refractivity contribution in [1.82, 2.24) is 9.78 Å². The molecule has 1 aromatic rings. The summed E-state index contributed by atoms with van der Waals surface area (Å²) in [6, 6.07) is 0. The summed E-state index contributed by atoms with van der Waals surface area (Å²) in [6.07, 6.45) is 8.64. The van der Waals surface area contributed by atoms with Gasteiger partial charge in [-0.05, 0) is 34.7 Å². The zero-order chi connectivity index (χ0) is 11.5. The molecule has 88 valence electrons. The average molecular weight is 316 g/mol. The first-order valence-corrected chi connectivity index (χ1v) is 8.70. The Labute approximate surface area is 106 Å². The van der Waals surface area contributed by atoms with Gasteiger partial charge in [0.2, 0.25) is 0 Å². The van der Waals surface area contributed by atoms with Gasteiger partial charge in [-0.1, -0.05) is 11.6 Å². The lowest BCUT2D eigenvalue weighted by Gasteiger charge is -2.24. The molecule has 0 atom stereocenters. The maximum absolute atomic E-state index is 5.78. The van der Waals surface area contributed by atoms with Crippen molar-refractivity contribution in [1.29, 1.82) is 0 Å². The Kier molecular flexibility index (Phi) is 4.96. The second-order valence-corrected chi connectivity index (χ2v) is 9.94. The van der Waals surface area contributed by atoms with Crippen LogP contribution in [0.4, 0.5) is 0 Å². The zero-order valence-corrected chi connectivity index (χ0v) is 12.3. The van der Waals surface area contributed by atoms with Crippen LogP contribution in [-0.2, 0) is 11.5 Å². The summed E-state index contributed by atoms with van der Waals surface area (Å²) in [7, 11) is -0.472. The van der Waals surface area contributed by atoms with E-state index in [1.807, 2.05) is 6.20 Å². The fourth-order valence-electron chi connectivity index (χ4n) is 0.907. The standard InChI is InChI=1S/C9H16BrClN2OS/c1-15(2,3)5-4-14-7-13-6-8(10)9(11)12-13/h6H,4-5,7H2,1-3H3. The Morgan fingerprint density at radius 3 is 2.67 bits per heavy atom. The normalized spacial score (nSPS) is 13.1. The fraction of sp³-hybridized carbons (Fsp3) is 0.667. The van der Waals surface area contributed by atoms with Crippen LogP contribution in [0.25, 0.3) is 0 Å². The van der Waals surface area contributed by atoms with Crippen molar-refractivity contribution in [3.8, 4) is 0 Å². The number of ether oxygens (including phenoxy) is 1. The van der Waals surface area contributed by atoms with Crippen molar-refractivity contribution in [2.75, 3.05) is 31.1 Å². The molecule has 0 N–H and O–H groups in total. The molecular weight excluding hydrogens is 300 g/mol. The molecule has 0 bridgehead atoms. The van der Waals surface area contributed by atoms with Gasteiger partial charge in [0.25, 0.3) is 0 Å². The summed E-state index contributed by atoms with van der Waals surface area (Å²) in [6.45, 7) is 1.23. The lowest BCUT2D eigenvalue weighted by Crippen LogP contribution is -2.10. The Balaban J connectivity index is 2.26. The molecule has 0 saturated heterocycles. The van der Waals surface area contributed by atoms with Crippen LogP contribution in [0.5, 0.6) is 0 Å². The molecule has 3 nitrogen and oxygen atoms in total. The first-order chi connectivity index (χ1) is 6.88. The molecule has 0 radical (unpaired) electrons. The Bertz CT molecular complexity index is 305. The van der Waals surface area contributed by atoms with Crippen molar-refractivity contribution < 1.29 is 4.74 Å². The van der Waals surface area contributed by atoms with Gasteiger partial charge in [-0.25, -0.2) is 14.7 Å². The predicted octanol–water partition coefficient (Wildman–Crippen LogP) is 2.97. The highest BCUT2D eigenvalue weighted by Crippen LogP contribution is 2.33. The van der Waals surface area contributed by atoms with Crippen molar-refractivity contribution in [2.24, 2.45) is 0 Å². The van der Waals surface area contributed by atoms with Gasteiger partial charge in [-0.3, -0.25) is 0 Å². The van der Waals surface area contributed by atoms with Gasteiger partial charge in [0.05, 0.1) is 11.1 Å². The molecule has 0 aliphatic heterocycles. The summed E-state index contributed by atoms with van der Waals surface area (Å²) in [4.78, 5) is 0. The third-order valence-electron chi connectivity index (χ3n) is 1.74. The molecule has 0 amide bonds. The first kappa shape index (κ1) is 13.4. The van der Waals surface area contributed by atoms with E-state index in [1.165, 1.54) is 0 Å². The SMILES string of the molecule is CS(C)(C)CCOCn1cc(Br)c(Cl)n1. The largest absolute Gasteiger partial charge is 0.358 e. The second kappa shape index (κ2) is 5.57. The number of hydrogen-bond acceptors (Lipinski definition) is 2. The van der Waals surface area contributed by atoms with Gasteiger partial charge in [-0.15, -0.1) is 0 Å². The molecule has 0 aromatic carbocycles. The zero-order valence-electron chi connectivity index (χ0n) is 9.17. The Morgan fingerprint density at radius 2 is 2.20 bits per heavy atom. The monoisotopic (exact) mass is 314 g/mol. The summed E-state index contributed by atoms with van der Waals surface area (Å²) in [5.74, 6) is 1.11. The molecule has 0 aliphatic carbocycles. The van der Waals surface area contributed by atoms with Crippen molar-refractivity contribution >= 4 is 37.6 Å². The molecule has 0 spiro atoms. The van der Waals surface area contributed by atoms with Crippen molar-refractivity contribution in [3.05, 3.63) is 15.8 Å². The third kappa shape index (κ3) is 5.24. The number of halogens is 2. The van der Waals surface area contributed by atoms with E-state index in [2.05, 4.69) is 39.8 Å². The smallest absolute Gasteiger partial charge is 0.165 e. The lowest BCUT2D eigenvalue weighted by atomic mass is 10.7. The second-order valence-electron chi connectivity index (χ2n) is 4.14. The number of rotatable bonds is 5. The highest BCUT2D eigenvalue weighted by atomic mass is 79.9. The quantitative estimate of drug-likeness (QED) is 0.781. The first-order valence-electron chi connectivity index (χ1n) is 4.51. The van der Waals surface area contributed by atoms with E-state index in [-0.39, 0.29) is 0 Å². The van der Waals surface area contributed by atoms with E-state index in [0.717, 1.165) is 16.8 Å². The Hall–Kier alpha value is 0.290. The fourth-order valence-corrected chi connectivity index (χ4v) is 1.99. The minimum atomic E-state index is -0.472. The molecule has 1 heterocycles. The van der Waals surface area contributed by atoms with Crippen LogP contribution in [0.2, 0.25) is 5.15 Å². The summed E-state index contributed by atoms with van der Waals surface area (Å²) in [5, 5.41) is 4.53. The van der Waals surface area contributed by atoms with Gasteiger partial charge >= 0.3 is 0 Å². The van der Waals surface area contributed by atoms with Crippen LogP contribution in [0, 0.1) is 0 Å². The molecule has 0 saturated carbocycles. The molecule has 0 fully saturated rings. The number of hydrogen-bond donors (Lipinski definition) is 0. The maximum atomic E-state index is 5.78. The van der Waals surface area contributed by atoms with Crippen molar-refractivity contribution in [2.45, 2.75) is 6.73 Å². The highest BCUT2D eigenvalue weighted by molar-refractivity contribution is 9.10. The van der Waals surface area contributed by atoms with Crippen LogP contribution in [-0.4, -0.2) is 40.9 Å². The highest BCUT2D eigenvalue weighted by Gasteiger charge is 2.05. The van der Waals surface area contributed by atoms with E-state index >= 15 is 0 Å². The van der Waals surface area contributed by atoms with Crippen LogP contribution >= 0.6 is 37.6 Å². The van der Waals surface area contributed by atoms with Crippen LogP contribution < -0.4 is 0 Å². The van der Waals surface area contributed by atoms with Gasteiger partial charge in [0.1, 0.15) is 6.73 Å². The van der Waals surface area contributed by atoms with E-state index in [1.54, 1.807) is 4.68 Å². The maximum Gasteiger partial charge on any atom is 0.165 e. The van der Waals surface area contributed by atoms with Gasteiger partial charge in [0, 0.05) is 11.9 Å². The summed E-state index contributed by atoms with van der Waals surface area (Å²) >= 11 is 9.07. The minimum absolute atomic E-state index is 0.459. The van der Waals surface area contributed by atoms with Crippen LogP contribution in [0.15, 0.2) is 10.7 Å². The minimum Gasteiger partial charge on any atom is -0.358 e. The third-order valence-corrected chi connectivity index (χ3v) is 4.22. The van der Waals surface area contributed by atoms with E-state index in [4.69, 9.17) is 16.3 Å². The molecule has 6 heteroatoms. The Morgan fingerprint density at radius 1 is 1.53 bits per heavy atom. The van der Waals surface area contributed by atoms with E-state index < -0.39 is 10.0 Å². The summed E-state index contributed by atoms with van der Waals surface area (Å²) < 4.78 is 7.99. The molecule has 0 unspecified atom stereocenters. The number of aromatic nitrogens is 2. The molecule has 1 aromatic heterocycles. The van der Waals surface area contributed by atoms with Crippen molar-refractivity contribution in [3.63, 3.8) is 0 Å². The van der Waals surface area contributed by atoms with Gasteiger partial charge in [0.15, 0.2) is 5.15 Å². The molecule has 0 aliphatic rings. The van der Waals surface area contributed by atoms with E-state index in [0.29, 0.717) is 11.9 Å². The predicted molar refractivity (Wildman–Crippen MR) is 71.1 cm³/mol. The van der Waals surface area contributed by atoms with Gasteiger partial charge < -0.3 is 4.74 Å². The van der Waals surface area contributed by atoms with Crippen LogP contribution in [0.3, 0.4) is 0 Å². The average Bonchev–Trinajstić information content (AvgIpc) is 2.39. The van der Waals surface area contributed by atoms with Gasteiger partial charge in [-0.2, -0.15) is 5.10 Å². The molecular formula is C9H16BrClN2OS. The topological polar surface area (TPSA) is 27.1 Å². The molecule has 15 heavy (non-hydrogen) atoms. The summed E-state index contributed by atoms with van der Waals surface area (Å²) in [5.41, 5.74) is 0. The van der Waals surface area contributed by atoms with Crippen LogP contribution in [0.1, 0.15) is 0 Å². The van der Waals surface area contributed by atoms with E-state index in [9.17, 15) is 0 Å². The molecule has 1 rings (SSSR count). The number of nitrogens with zero attached hydrogens (tertiary/aromatic N) is 2. The lowest BCUT2D eigenvalue weighted by molar-refractivity contribution is 0.0809.